The van der Waals surface area contributed by atoms with Gasteiger partial charge in [0.2, 0.25) is 0 Å². The van der Waals surface area contributed by atoms with Crippen molar-refractivity contribution in [3.8, 4) is 0 Å². The van der Waals surface area contributed by atoms with Gasteiger partial charge in [0.05, 0.1) is 6.42 Å². The molecule has 0 bridgehead atoms. The Morgan fingerprint density at radius 1 is 1.03 bits per heavy atom. The maximum Gasteiger partial charge on any atom is 0.308 e. The zero-order chi connectivity index (χ0) is 22.4. The minimum atomic E-state index is -0.512. The van der Waals surface area contributed by atoms with Crippen LogP contribution in [0.1, 0.15) is 55.1 Å². The molecule has 0 fully saturated rings. The number of benzene rings is 2. The monoisotopic (exact) mass is 422 g/mol. The van der Waals surface area contributed by atoms with Crippen molar-refractivity contribution in [3.05, 3.63) is 65.2 Å². The van der Waals surface area contributed by atoms with Crippen molar-refractivity contribution < 1.29 is 19.1 Å². The summed E-state index contributed by atoms with van der Waals surface area (Å²) < 4.78 is 5.13. The van der Waals surface area contributed by atoms with Gasteiger partial charge < -0.3 is 15.0 Å². The van der Waals surface area contributed by atoms with E-state index < -0.39 is 5.97 Å². The Bertz CT molecular complexity index is 945. The van der Waals surface area contributed by atoms with Gasteiger partial charge >= 0.3 is 5.97 Å². The molecule has 164 valence electrons. The number of carbonyl (C=O) groups excluding carboxylic acids is 3. The fraction of sp³-hybridized carbons (Fsp3) is 0.400. The maximum absolute atomic E-state index is 12.5. The average molecular weight is 423 g/mol. The lowest BCUT2D eigenvalue weighted by atomic mass is 9.87. The molecule has 2 aromatic rings. The number of hydrogen-bond donors (Lipinski definition) is 1. The Kier molecular flexibility index (Phi) is 7.10. The quantitative estimate of drug-likeness (QED) is 0.722. The number of rotatable bonds is 6. The molecule has 1 heterocycles. The van der Waals surface area contributed by atoms with Crippen LogP contribution in [-0.4, -0.2) is 37.5 Å². The second-order valence-electron chi connectivity index (χ2n) is 8.77. The number of anilines is 1. The topological polar surface area (TPSA) is 75.7 Å². The molecular weight excluding hydrogens is 392 g/mol. The summed E-state index contributed by atoms with van der Waals surface area (Å²) in [6.45, 7) is 6.82. The van der Waals surface area contributed by atoms with Crippen molar-refractivity contribution in [1.82, 2.24) is 5.32 Å². The molecule has 2 aromatic carbocycles. The van der Waals surface area contributed by atoms with E-state index in [1.165, 1.54) is 0 Å². The number of para-hydroxylation sites is 1. The van der Waals surface area contributed by atoms with Gasteiger partial charge in [-0.25, -0.2) is 0 Å². The first-order valence-corrected chi connectivity index (χ1v) is 10.7. The third kappa shape index (κ3) is 5.94. The predicted molar refractivity (Wildman–Crippen MR) is 120 cm³/mol. The largest absolute Gasteiger partial charge is 0.455 e. The lowest BCUT2D eigenvalue weighted by Gasteiger charge is -2.29. The molecule has 0 aliphatic carbocycles. The molecule has 0 aromatic heterocycles. The molecule has 1 aliphatic heterocycles. The van der Waals surface area contributed by atoms with Crippen molar-refractivity contribution in [2.45, 2.75) is 45.4 Å². The number of ether oxygens (including phenoxy) is 1. The van der Waals surface area contributed by atoms with E-state index in [9.17, 15) is 14.4 Å². The summed E-state index contributed by atoms with van der Waals surface area (Å²) in [5.41, 5.74) is 3.73. The van der Waals surface area contributed by atoms with E-state index in [-0.39, 0.29) is 36.8 Å². The molecule has 0 atom stereocenters. The highest BCUT2D eigenvalue weighted by Crippen LogP contribution is 2.26. The first-order valence-electron chi connectivity index (χ1n) is 10.7. The number of nitrogens with one attached hydrogen (secondary N) is 1. The van der Waals surface area contributed by atoms with Crippen molar-refractivity contribution in [3.63, 3.8) is 0 Å². The number of esters is 1. The average Bonchev–Trinajstić information content (AvgIpc) is 2.76. The smallest absolute Gasteiger partial charge is 0.308 e. The number of amides is 2. The summed E-state index contributed by atoms with van der Waals surface area (Å²) in [4.78, 5) is 38.4. The Labute approximate surface area is 183 Å². The summed E-state index contributed by atoms with van der Waals surface area (Å²) in [6, 6.07) is 15.2. The van der Waals surface area contributed by atoms with Crippen molar-refractivity contribution in [2.75, 3.05) is 24.6 Å². The van der Waals surface area contributed by atoms with Crippen LogP contribution in [-0.2, 0) is 26.2 Å². The zero-order valence-corrected chi connectivity index (χ0v) is 18.4. The maximum atomic E-state index is 12.5. The van der Waals surface area contributed by atoms with Gasteiger partial charge in [0.25, 0.3) is 11.8 Å². The number of hydrogen-bond acceptors (Lipinski definition) is 4. The van der Waals surface area contributed by atoms with E-state index in [1.807, 2.05) is 36.4 Å². The second kappa shape index (κ2) is 9.77. The van der Waals surface area contributed by atoms with Crippen LogP contribution in [0, 0.1) is 0 Å². The van der Waals surface area contributed by atoms with E-state index in [0.29, 0.717) is 12.1 Å². The van der Waals surface area contributed by atoms with Crippen LogP contribution in [0.3, 0.4) is 0 Å². The fourth-order valence-corrected chi connectivity index (χ4v) is 3.59. The summed E-state index contributed by atoms with van der Waals surface area (Å²) >= 11 is 0. The molecule has 6 nitrogen and oxygen atoms in total. The van der Waals surface area contributed by atoms with Gasteiger partial charge in [0.1, 0.15) is 0 Å². The van der Waals surface area contributed by atoms with Crippen LogP contribution in [0.15, 0.2) is 48.5 Å². The lowest BCUT2D eigenvalue weighted by molar-refractivity contribution is -0.147. The number of fused-ring (bicyclic) bond motifs is 1. The SMILES string of the molecule is CC(C)(C)c1ccc(C(=O)NCCC(=O)OCC(=O)N2CCCc3ccccc32)cc1. The van der Waals surface area contributed by atoms with E-state index in [1.54, 1.807) is 17.0 Å². The summed E-state index contributed by atoms with van der Waals surface area (Å²) in [5, 5.41) is 2.72. The minimum Gasteiger partial charge on any atom is -0.455 e. The predicted octanol–water partition coefficient (Wildman–Crippen LogP) is 3.63. The summed E-state index contributed by atoms with van der Waals surface area (Å²) in [7, 11) is 0. The molecule has 31 heavy (non-hydrogen) atoms. The molecule has 1 N–H and O–H groups in total. The van der Waals surface area contributed by atoms with E-state index in [4.69, 9.17) is 4.74 Å². The molecule has 6 heteroatoms. The molecule has 0 spiro atoms. The van der Waals surface area contributed by atoms with Crippen LogP contribution < -0.4 is 10.2 Å². The van der Waals surface area contributed by atoms with E-state index >= 15 is 0 Å². The van der Waals surface area contributed by atoms with E-state index in [2.05, 4.69) is 26.1 Å². The number of nitrogens with zero attached hydrogens (tertiary/aromatic N) is 1. The van der Waals surface area contributed by atoms with Gasteiger partial charge in [-0.2, -0.15) is 0 Å². The molecular formula is C25H30N2O4. The van der Waals surface area contributed by atoms with Crippen molar-refractivity contribution in [2.24, 2.45) is 0 Å². The molecule has 0 saturated carbocycles. The van der Waals surface area contributed by atoms with Crippen LogP contribution in [0.4, 0.5) is 5.69 Å². The standard InChI is InChI=1S/C25H30N2O4/c1-25(2,3)20-12-10-19(11-13-20)24(30)26-15-14-23(29)31-17-22(28)27-16-6-8-18-7-4-5-9-21(18)27/h4-5,7,9-13H,6,8,14-17H2,1-3H3,(H,26,30). The first kappa shape index (κ1) is 22.5. The third-order valence-corrected chi connectivity index (χ3v) is 5.40. The van der Waals surface area contributed by atoms with Gasteiger partial charge in [0.15, 0.2) is 6.61 Å². The van der Waals surface area contributed by atoms with Crippen molar-refractivity contribution >= 4 is 23.5 Å². The first-order chi connectivity index (χ1) is 14.8. The van der Waals surface area contributed by atoms with Crippen LogP contribution in [0.5, 0.6) is 0 Å². The van der Waals surface area contributed by atoms with Gasteiger partial charge in [-0.15, -0.1) is 0 Å². The van der Waals surface area contributed by atoms with Gasteiger partial charge in [-0.1, -0.05) is 51.1 Å². The number of carbonyl (C=O) groups is 3. The summed E-state index contributed by atoms with van der Waals surface area (Å²) in [5.74, 6) is -0.986. The number of aryl methyl sites for hydroxylation is 1. The van der Waals surface area contributed by atoms with Crippen LogP contribution in [0.2, 0.25) is 0 Å². The molecule has 0 radical (unpaired) electrons. The minimum absolute atomic E-state index is 0.00960. The molecule has 0 unspecified atom stereocenters. The van der Waals surface area contributed by atoms with Gasteiger partial charge in [-0.3, -0.25) is 14.4 Å². The highest BCUT2D eigenvalue weighted by Gasteiger charge is 2.23. The molecule has 0 saturated heterocycles. The van der Waals surface area contributed by atoms with Gasteiger partial charge in [-0.05, 0) is 47.6 Å². The lowest BCUT2D eigenvalue weighted by Crippen LogP contribution is -2.38. The Hall–Kier alpha value is -3.15. The van der Waals surface area contributed by atoms with Crippen molar-refractivity contribution in [1.29, 1.82) is 0 Å². The Balaban J connectivity index is 1.42. The highest BCUT2D eigenvalue weighted by atomic mass is 16.5. The zero-order valence-electron chi connectivity index (χ0n) is 18.4. The molecule has 3 rings (SSSR count). The second-order valence-corrected chi connectivity index (χ2v) is 8.77. The molecule has 1 aliphatic rings. The molecule has 2 amide bonds. The van der Waals surface area contributed by atoms with Crippen LogP contribution in [0.25, 0.3) is 0 Å². The van der Waals surface area contributed by atoms with E-state index in [0.717, 1.165) is 29.7 Å². The third-order valence-electron chi connectivity index (χ3n) is 5.40. The van der Waals surface area contributed by atoms with Crippen LogP contribution >= 0.6 is 0 Å². The Morgan fingerprint density at radius 3 is 2.45 bits per heavy atom. The van der Waals surface area contributed by atoms with Gasteiger partial charge in [0, 0.05) is 24.3 Å². The normalized spacial score (nSPS) is 13.3. The highest BCUT2D eigenvalue weighted by molar-refractivity contribution is 5.96. The summed E-state index contributed by atoms with van der Waals surface area (Å²) in [6.07, 6.45) is 1.84. The Morgan fingerprint density at radius 2 is 1.74 bits per heavy atom. The fourth-order valence-electron chi connectivity index (χ4n) is 3.59.